The van der Waals surface area contributed by atoms with Gasteiger partial charge in [0.25, 0.3) is 0 Å². The van der Waals surface area contributed by atoms with E-state index in [9.17, 15) is 0 Å². The zero-order chi connectivity index (χ0) is 5.11. The van der Waals surface area contributed by atoms with Crippen LogP contribution in [0.4, 0.5) is 0 Å². The molecule has 5 heteroatoms. The fourth-order valence-electron chi connectivity index (χ4n) is 0.428. The molecule has 1 aromatic carbocycles. The fourth-order valence-corrected chi connectivity index (χ4v) is 0.428. The molecule has 0 aliphatic heterocycles. The van der Waals surface area contributed by atoms with Crippen molar-refractivity contribution in [3.63, 3.8) is 0 Å². The molecule has 0 aliphatic rings. The Bertz CT molecular complexity index is 145. The third-order valence-corrected chi connectivity index (χ3v) is 0.756. The van der Waals surface area contributed by atoms with Gasteiger partial charge >= 0.3 is 29.6 Å². The van der Waals surface area contributed by atoms with E-state index in [4.69, 9.17) is 5.11 Å². The van der Waals surface area contributed by atoms with E-state index in [0.29, 0.717) is 5.75 Å². The quantitative estimate of drug-likeness (QED) is 0.460. The summed E-state index contributed by atoms with van der Waals surface area (Å²) < 4.78 is 0. The van der Waals surface area contributed by atoms with Gasteiger partial charge in [0, 0.05) is 0 Å². The fraction of sp³-hybridized carbons (Fsp3) is 0. The molecule has 1 aromatic rings. The first kappa shape index (κ1) is 22.4. The van der Waals surface area contributed by atoms with Crippen molar-refractivity contribution in [1.82, 2.24) is 0 Å². The molecule has 0 saturated carbocycles. The Balaban J connectivity index is -0.0000000612. The van der Waals surface area contributed by atoms with E-state index in [1.165, 1.54) is 0 Å². The van der Waals surface area contributed by atoms with Gasteiger partial charge in [-0.2, -0.15) is 0 Å². The second-order valence-electron chi connectivity index (χ2n) is 1.34. The molecule has 0 radical (unpaired) electrons. The predicted molar refractivity (Wildman–Crippen MR) is 46.1 cm³/mol. The SMILES string of the molecule is O.O.O.Oc1ccccc1.[NaH]. The van der Waals surface area contributed by atoms with Gasteiger partial charge in [-0.15, -0.1) is 0 Å². The van der Waals surface area contributed by atoms with Crippen molar-refractivity contribution in [1.29, 1.82) is 0 Å². The molecule has 0 unspecified atom stereocenters. The van der Waals surface area contributed by atoms with Gasteiger partial charge in [-0.1, -0.05) is 18.2 Å². The van der Waals surface area contributed by atoms with Crippen LogP contribution in [0.25, 0.3) is 0 Å². The summed E-state index contributed by atoms with van der Waals surface area (Å²) >= 11 is 0. The van der Waals surface area contributed by atoms with Crippen LogP contribution in [-0.4, -0.2) is 51.1 Å². The van der Waals surface area contributed by atoms with Gasteiger partial charge in [-0.25, -0.2) is 0 Å². The summed E-state index contributed by atoms with van der Waals surface area (Å²) in [6.45, 7) is 0. The van der Waals surface area contributed by atoms with Gasteiger partial charge in [-0.05, 0) is 12.1 Å². The van der Waals surface area contributed by atoms with E-state index in [-0.39, 0.29) is 46.0 Å². The molecule has 1 rings (SSSR count). The summed E-state index contributed by atoms with van der Waals surface area (Å²) in [6, 6.07) is 8.71. The minimum atomic E-state index is 0. The molecule has 11 heavy (non-hydrogen) atoms. The Kier molecular flexibility index (Phi) is 25.6. The average molecular weight is 172 g/mol. The van der Waals surface area contributed by atoms with Gasteiger partial charge in [0.1, 0.15) is 5.75 Å². The van der Waals surface area contributed by atoms with Gasteiger partial charge in [0.15, 0.2) is 0 Å². The molecule has 0 fully saturated rings. The second kappa shape index (κ2) is 12.6. The average Bonchev–Trinajstić information content (AvgIpc) is 1.69. The van der Waals surface area contributed by atoms with E-state index in [0.717, 1.165) is 0 Å². The molecular formula is C6H13NaO4. The van der Waals surface area contributed by atoms with Gasteiger partial charge in [0.05, 0.1) is 0 Å². The number of benzene rings is 1. The van der Waals surface area contributed by atoms with Crippen molar-refractivity contribution in [3.05, 3.63) is 30.3 Å². The van der Waals surface area contributed by atoms with Crippen LogP contribution < -0.4 is 0 Å². The number of para-hydroxylation sites is 1. The number of hydrogen-bond acceptors (Lipinski definition) is 1. The first-order valence-corrected chi connectivity index (χ1v) is 2.13. The van der Waals surface area contributed by atoms with E-state index in [1.54, 1.807) is 24.3 Å². The molecular weight excluding hydrogens is 159 g/mol. The zero-order valence-electron chi connectivity index (χ0n) is 5.33. The molecule has 0 aliphatic carbocycles. The van der Waals surface area contributed by atoms with Gasteiger partial charge in [0.2, 0.25) is 0 Å². The molecule has 0 amide bonds. The summed E-state index contributed by atoms with van der Waals surface area (Å²) in [7, 11) is 0. The predicted octanol–water partition coefficient (Wildman–Crippen LogP) is -1.73. The Morgan fingerprint density at radius 3 is 1.36 bits per heavy atom. The molecule has 7 N–H and O–H groups in total. The van der Waals surface area contributed by atoms with Crippen molar-refractivity contribution in [2.24, 2.45) is 0 Å². The van der Waals surface area contributed by atoms with Crippen molar-refractivity contribution < 1.29 is 21.5 Å². The van der Waals surface area contributed by atoms with Crippen LogP contribution in [0.3, 0.4) is 0 Å². The van der Waals surface area contributed by atoms with Crippen LogP contribution in [0.2, 0.25) is 0 Å². The van der Waals surface area contributed by atoms with Crippen molar-refractivity contribution in [3.8, 4) is 5.75 Å². The van der Waals surface area contributed by atoms with Crippen LogP contribution in [0.5, 0.6) is 5.75 Å². The standard InChI is InChI=1S/C6H6O.Na.3H2O.H/c7-6-4-2-1-3-5-6;;;;;/h1-5,7H;;3*1H2;. The van der Waals surface area contributed by atoms with Crippen LogP contribution in [-0.2, 0) is 0 Å². The molecule has 0 atom stereocenters. The zero-order valence-corrected chi connectivity index (χ0v) is 5.33. The molecule has 62 valence electrons. The van der Waals surface area contributed by atoms with Crippen molar-refractivity contribution in [2.75, 3.05) is 0 Å². The number of hydrogen-bond donors (Lipinski definition) is 1. The summed E-state index contributed by atoms with van der Waals surface area (Å²) in [5.41, 5.74) is 0. The Morgan fingerprint density at radius 1 is 0.818 bits per heavy atom. The molecule has 0 aromatic heterocycles. The first-order chi connectivity index (χ1) is 3.39. The van der Waals surface area contributed by atoms with Crippen LogP contribution in [0.1, 0.15) is 0 Å². The van der Waals surface area contributed by atoms with E-state index < -0.39 is 0 Å². The van der Waals surface area contributed by atoms with Crippen LogP contribution in [0, 0.1) is 0 Å². The minimum absolute atomic E-state index is 0. The monoisotopic (exact) mass is 172 g/mol. The van der Waals surface area contributed by atoms with E-state index >= 15 is 0 Å². The van der Waals surface area contributed by atoms with E-state index in [1.807, 2.05) is 6.07 Å². The number of rotatable bonds is 0. The topological polar surface area (TPSA) is 115 Å². The van der Waals surface area contributed by atoms with Gasteiger partial charge < -0.3 is 21.5 Å². The summed E-state index contributed by atoms with van der Waals surface area (Å²) in [5, 5.41) is 8.63. The van der Waals surface area contributed by atoms with Gasteiger partial charge in [-0.3, -0.25) is 0 Å². The number of phenolic OH excluding ortho intramolecular Hbond substituents is 1. The molecule has 0 heterocycles. The molecule has 0 spiro atoms. The normalized spacial score (nSPS) is 5.45. The Labute approximate surface area is 87.1 Å². The molecule has 4 nitrogen and oxygen atoms in total. The van der Waals surface area contributed by atoms with Crippen LogP contribution >= 0.6 is 0 Å². The Hall–Kier alpha value is -0.100. The van der Waals surface area contributed by atoms with Crippen molar-refractivity contribution >= 4 is 29.6 Å². The summed E-state index contributed by atoms with van der Waals surface area (Å²) in [5.74, 6) is 0.322. The number of phenols is 1. The second-order valence-corrected chi connectivity index (χ2v) is 1.34. The van der Waals surface area contributed by atoms with Crippen LogP contribution in [0.15, 0.2) is 30.3 Å². The maximum absolute atomic E-state index is 8.63. The maximum atomic E-state index is 8.63. The van der Waals surface area contributed by atoms with E-state index in [2.05, 4.69) is 0 Å². The third-order valence-electron chi connectivity index (χ3n) is 0.756. The molecule has 0 saturated heterocycles. The molecule has 0 bridgehead atoms. The van der Waals surface area contributed by atoms with Crippen molar-refractivity contribution in [2.45, 2.75) is 0 Å². The summed E-state index contributed by atoms with van der Waals surface area (Å²) in [6.07, 6.45) is 0. The Morgan fingerprint density at radius 2 is 1.18 bits per heavy atom. The third kappa shape index (κ3) is 9.90. The summed E-state index contributed by atoms with van der Waals surface area (Å²) in [4.78, 5) is 0. The number of aromatic hydroxyl groups is 1. The first-order valence-electron chi connectivity index (χ1n) is 2.13.